The van der Waals surface area contributed by atoms with Crippen molar-refractivity contribution in [2.45, 2.75) is 30.9 Å². The van der Waals surface area contributed by atoms with Gasteiger partial charge in [0.1, 0.15) is 17.7 Å². The molecule has 2 aromatic rings. The van der Waals surface area contributed by atoms with Gasteiger partial charge in [0.05, 0.1) is 31.4 Å². The summed E-state index contributed by atoms with van der Waals surface area (Å²) in [5.74, 6) is -0.402. The smallest absolute Gasteiger partial charge is 0.309 e. The number of sulfonamides is 1. The molecule has 3 rings (SSSR count). The van der Waals surface area contributed by atoms with Crippen molar-refractivity contribution < 1.29 is 31.9 Å². The Bertz CT molecular complexity index is 1040. The van der Waals surface area contributed by atoms with Gasteiger partial charge >= 0.3 is 11.8 Å². The normalized spacial score (nSPS) is 17.0. The van der Waals surface area contributed by atoms with E-state index in [0.717, 1.165) is 0 Å². The number of rotatable bonds is 8. The second-order valence-electron chi connectivity index (χ2n) is 7.22. The maximum absolute atomic E-state index is 13.2. The number of nitrogens with one attached hydrogen (secondary N) is 2. The third-order valence-electron chi connectivity index (χ3n) is 5.01. The Labute approximate surface area is 186 Å². The molecule has 0 spiro atoms. The van der Waals surface area contributed by atoms with Crippen LogP contribution in [0.5, 0.6) is 5.75 Å². The van der Waals surface area contributed by atoms with E-state index in [0.29, 0.717) is 36.5 Å². The van der Waals surface area contributed by atoms with Gasteiger partial charge in [-0.2, -0.15) is 4.31 Å². The van der Waals surface area contributed by atoms with Gasteiger partial charge in [0, 0.05) is 19.5 Å². The summed E-state index contributed by atoms with van der Waals surface area (Å²) in [6, 6.07) is 8.10. The SMILES string of the molecule is COc1ccc(S(=O)(=O)N2CCCOC2CNC(=O)C(=O)NCCc2ccco2)cc1C. The summed E-state index contributed by atoms with van der Waals surface area (Å²) in [5, 5.41) is 4.95. The maximum atomic E-state index is 13.2. The molecular weight excluding hydrogens is 438 g/mol. The number of carbonyl (C=O) groups is 2. The molecule has 0 aliphatic carbocycles. The predicted molar refractivity (Wildman–Crippen MR) is 114 cm³/mol. The first-order chi connectivity index (χ1) is 15.3. The molecule has 1 saturated heterocycles. The van der Waals surface area contributed by atoms with Crippen LogP contribution in [-0.4, -0.2) is 64.1 Å². The topological polar surface area (TPSA) is 127 Å². The minimum atomic E-state index is -3.88. The number of furan rings is 1. The molecule has 1 aromatic carbocycles. The van der Waals surface area contributed by atoms with Crippen molar-refractivity contribution >= 4 is 21.8 Å². The summed E-state index contributed by atoms with van der Waals surface area (Å²) in [7, 11) is -2.36. The van der Waals surface area contributed by atoms with Crippen LogP contribution in [0.15, 0.2) is 45.9 Å². The number of aryl methyl sites for hydroxylation is 1. The fraction of sp³-hybridized carbons (Fsp3) is 0.429. The molecule has 0 bridgehead atoms. The molecule has 174 valence electrons. The Morgan fingerprint density at radius 1 is 1.22 bits per heavy atom. The van der Waals surface area contributed by atoms with Crippen LogP contribution in [0.4, 0.5) is 0 Å². The van der Waals surface area contributed by atoms with Crippen LogP contribution in [0, 0.1) is 6.92 Å². The van der Waals surface area contributed by atoms with Crippen LogP contribution in [0.1, 0.15) is 17.7 Å². The van der Waals surface area contributed by atoms with Crippen molar-refractivity contribution in [1.29, 1.82) is 0 Å². The zero-order valence-corrected chi connectivity index (χ0v) is 18.8. The highest BCUT2D eigenvalue weighted by Gasteiger charge is 2.35. The average molecular weight is 466 g/mol. The zero-order valence-electron chi connectivity index (χ0n) is 18.0. The molecule has 32 heavy (non-hydrogen) atoms. The highest BCUT2D eigenvalue weighted by molar-refractivity contribution is 7.89. The van der Waals surface area contributed by atoms with E-state index in [9.17, 15) is 18.0 Å². The van der Waals surface area contributed by atoms with Crippen molar-refractivity contribution in [3.8, 4) is 5.75 Å². The lowest BCUT2D eigenvalue weighted by atomic mass is 10.2. The molecule has 1 aliphatic heterocycles. The average Bonchev–Trinajstić information content (AvgIpc) is 3.31. The lowest BCUT2D eigenvalue weighted by Crippen LogP contribution is -2.53. The summed E-state index contributed by atoms with van der Waals surface area (Å²) in [6.45, 7) is 2.43. The van der Waals surface area contributed by atoms with Gasteiger partial charge in [-0.15, -0.1) is 0 Å². The van der Waals surface area contributed by atoms with Crippen molar-refractivity contribution in [2.24, 2.45) is 0 Å². The quantitative estimate of drug-likeness (QED) is 0.552. The van der Waals surface area contributed by atoms with Gasteiger partial charge in [-0.05, 0) is 49.2 Å². The monoisotopic (exact) mass is 465 g/mol. The number of ether oxygens (including phenoxy) is 2. The number of hydrogen-bond donors (Lipinski definition) is 2. The summed E-state index contributed by atoms with van der Waals surface area (Å²) in [6.07, 6.45) is 1.58. The first kappa shape index (κ1) is 23.8. The minimum Gasteiger partial charge on any atom is -0.496 e. The molecule has 2 N–H and O–H groups in total. The van der Waals surface area contributed by atoms with Crippen LogP contribution in [0.2, 0.25) is 0 Å². The predicted octanol–water partition coefficient (Wildman–Crippen LogP) is 0.809. The number of methoxy groups -OCH3 is 1. The number of nitrogens with zero attached hydrogens (tertiary/aromatic N) is 1. The van der Waals surface area contributed by atoms with Crippen molar-refractivity contribution in [3.63, 3.8) is 0 Å². The zero-order chi connectivity index (χ0) is 23.1. The molecule has 1 atom stereocenters. The van der Waals surface area contributed by atoms with Gasteiger partial charge in [-0.3, -0.25) is 9.59 Å². The summed E-state index contributed by atoms with van der Waals surface area (Å²) in [5.41, 5.74) is 0.683. The third kappa shape index (κ3) is 5.67. The van der Waals surface area contributed by atoms with E-state index >= 15 is 0 Å². The molecular formula is C21H27N3O7S. The molecule has 2 heterocycles. The number of carbonyl (C=O) groups excluding carboxylic acids is 2. The number of benzene rings is 1. The van der Waals surface area contributed by atoms with E-state index in [2.05, 4.69) is 10.6 Å². The molecule has 2 amide bonds. The van der Waals surface area contributed by atoms with Crippen LogP contribution in [-0.2, 0) is 30.8 Å². The fourth-order valence-corrected chi connectivity index (χ4v) is 4.99. The Morgan fingerprint density at radius 2 is 2.00 bits per heavy atom. The van der Waals surface area contributed by atoms with Crippen molar-refractivity contribution in [1.82, 2.24) is 14.9 Å². The molecule has 1 fully saturated rings. The molecule has 1 aliphatic rings. The van der Waals surface area contributed by atoms with Crippen LogP contribution >= 0.6 is 0 Å². The van der Waals surface area contributed by atoms with Gasteiger partial charge in [-0.25, -0.2) is 8.42 Å². The van der Waals surface area contributed by atoms with Gasteiger partial charge in [0.15, 0.2) is 0 Å². The molecule has 0 radical (unpaired) electrons. The fourth-order valence-electron chi connectivity index (χ4n) is 3.34. The second kappa shape index (κ2) is 10.6. The van der Waals surface area contributed by atoms with E-state index in [1.54, 1.807) is 25.1 Å². The van der Waals surface area contributed by atoms with E-state index in [-0.39, 0.29) is 24.5 Å². The van der Waals surface area contributed by atoms with E-state index < -0.39 is 28.1 Å². The van der Waals surface area contributed by atoms with Gasteiger partial charge in [0.25, 0.3) is 0 Å². The lowest BCUT2D eigenvalue weighted by Gasteiger charge is -2.34. The molecule has 11 heteroatoms. The Balaban J connectivity index is 1.59. The highest BCUT2D eigenvalue weighted by Crippen LogP contribution is 2.26. The van der Waals surface area contributed by atoms with Gasteiger partial charge < -0.3 is 24.5 Å². The minimum absolute atomic E-state index is 0.105. The van der Waals surface area contributed by atoms with Crippen LogP contribution < -0.4 is 15.4 Å². The molecule has 0 saturated carbocycles. The Hall–Kier alpha value is -2.89. The summed E-state index contributed by atoms with van der Waals surface area (Å²) >= 11 is 0. The summed E-state index contributed by atoms with van der Waals surface area (Å²) in [4.78, 5) is 24.2. The Morgan fingerprint density at radius 3 is 2.69 bits per heavy atom. The van der Waals surface area contributed by atoms with Crippen molar-refractivity contribution in [3.05, 3.63) is 47.9 Å². The molecule has 1 unspecified atom stereocenters. The third-order valence-corrected chi connectivity index (χ3v) is 6.89. The van der Waals surface area contributed by atoms with Crippen LogP contribution in [0.3, 0.4) is 0 Å². The van der Waals surface area contributed by atoms with Crippen molar-refractivity contribution in [2.75, 3.05) is 33.4 Å². The Kier molecular flexibility index (Phi) is 7.89. The van der Waals surface area contributed by atoms with E-state index in [1.807, 2.05) is 0 Å². The van der Waals surface area contributed by atoms with Gasteiger partial charge in [-0.1, -0.05) is 0 Å². The van der Waals surface area contributed by atoms with Gasteiger partial charge in [0.2, 0.25) is 10.0 Å². The standard InChI is InChI=1S/C21H27N3O7S/c1-15-13-17(6-7-18(15)29-2)32(27,28)24-10-4-12-31-19(24)14-23-21(26)20(25)22-9-8-16-5-3-11-30-16/h3,5-7,11,13,19H,4,8-10,12,14H2,1-2H3,(H,22,25)(H,23,26). The van der Waals surface area contributed by atoms with E-state index in [1.165, 1.54) is 29.8 Å². The van der Waals surface area contributed by atoms with Crippen LogP contribution in [0.25, 0.3) is 0 Å². The maximum Gasteiger partial charge on any atom is 0.309 e. The number of hydrogen-bond acceptors (Lipinski definition) is 7. The van der Waals surface area contributed by atoms with E-state index in [4.69, 9.17) is 13.9 Å². The molecule has 1 aromatic heterocycles. The highest BCUT2D eigenvalue weighted by atomic mass is 32.2. The lowest BCUT2D eigenvalue weighted by molar-refractivity contribution is -0.140. The second-order valence-corrected chi connectivity index (χ2v) is 9.11. The number of amides is 2. The first-order valence-corrected chi connectivity index (χ1v) is 11.6. The first-order valence-electron chi connectivity index (χ1n) is 10.2. The summed E-state index contributed by atoms with van der Waals surface area (Å²) < 4.78 is 43.5. The largest absolute Gasteiger partial charge is 0.496 e. The molecule has 10 nitrogen and oxygen atoms in total.